The van der Waals surface area contributed by atoms with E-state index in [2.05, 4.69) is 27.1 Å². The molecule has 0 aliphatic carbocycles. The zero-order valence-corrected chi connectivity index (χ0v) is 16.7. The van der Waals surface area contributed by atoms with Gasteiger partial charge in [0.2, 0.25) is 0 Å². The highest BCUT2D eigenvalue weighted by atomic mass is 32.2. The number of nitrogens with zero attached hydrogens (tertiary/aromatic N) is 2. The van der Waals surface area contributed by atoms with E-state index in [0.29, 0.717) is 18.2 Å². The average molecular weight is 384 g/mol. The molecule has 2 unspecified atom stereocenters. The van der Waals surface area contributed by atoms with Crippen LogP contribution in [0.5, 0.6) is 0 Å². The number of aromatic amines is 1. The summed E-state index contributed by atoms with van der Waals surface area (Å²) in [5.41, 5.74) is -0.0394. The van der Waals surface area contributed by atoms with Crippen LogP contribution in [0.2, 0.25) is 0 Å². The summed E-state index contributed by atoms with van der Waals surface area (Å²) in [5.74, 6) is 1.07. The van der Waals surface area contributed by atoms with Crippen molar-refractivity contribution in [1.82, 2.24) is 14.9 Å². The lowest BCUT2D eigenvalue weighted by Crippen LogP contribution is -2.52. The highest BCUT2D eigenvalue weighted by Crippen LogP contribution is 2.26. The van der Waals surface area contributed by atoms with E-state index in [1.165, 1.54) is 12.0 Å². The fraction of sp³-hybridized carbons (Fsp3) is 0.706. The van der Waals surface area contributed by atoms with Gasteiger partial charge in [-0.25, -0.2) is 4.98 Å². The number of aromatic nitrogens is 2. The largest absolute Gasteiger partial charge is 0.385 e. The first-order valence-corrected chi connectivity index (χ1v) is 10.0. The van der Waals surface area contributed by atoms with Crippen molar-refractivity contribution in [2.24, 2.45) is 0 Å². The maximum Gasteiger partial charge on any atom is 0.261 e. The Hall–Kier alpha value is -1.42. The zero-order valence-electron chi connectivity index (χ0n) is 15.9. The summed E-state index contributed by atoms with van der Waals surface area (Å²) < 4.78 is 10.7. The van der Waals surface area contributed by atoms with Gasteiger partial charge in [0.15, 0.2) is 0 Å². The molecule has 0 amide bonds. The molecule has 1 aromatic rings. The molecule has 1 aromatic heterocycles. The van der Waals surface area contributed by atoms with Gasteiger partial charge in [-0.05, 0) is 31.8 Å². The van der Waals surface area contributed by atoms with Crippen molar-refractivity contribution in [3.8, 4) is 0 Å². The first-order valence-electron chi connectivity index (χ1n) is 8.87. The first kappa shape index (κ1) is 20.9. The molecule has 3 N–H and O–H groups in total. The number of methoxy groups -OCH3 is 1. The van der Waals surface area contributed by atoms with E-state index < -0.39 is 0 Å². The first-order chi connectivity index (χ1) is 12.5. The molecule has 2 heterocycles. The summed E-state index contributed by atoms with van der Waals surface area (Å²) in [6.45, 7) is 6.34. The molecule has 0 aromatic carbocycles. The van der Waals surface area contributed by atoms with Crippen LogP contribution in [0, 0.1) is 5.41 Å². The van der Waals surface area contributed by atoms with Crippen LogP contribution in [0.3, 0.4) is 0 Å². The Balaban J connectivity index is 2.17. The number of hydrogen-bond donors (Lipinski definition) is 3. The highest BCUT2D eigenvalue weighted by molar-refractivity contribution is 7.93. The summed E-state index contributed by atoms with van der Waals surface area (Å²) in [6.07, 6.45) is 4.87. The molecule has 8 nitrogen and oxygen atoms in total. The van der Waals surface area contributed by atoms with Gasteiger partial charge in [-0.2, -0.15) is 0 Å². The summed E-state index contributed by atoms with van der Waals surface area (Å²) in [5, 5.41) is 10.9. The molecule has 146 valence electrons. The summed E-state index contributed by atoms with van der Waals surface area (Å²) in [6, 6.07) is 0.110. The van der Waals surface area contributed by atoms with Gasteiger partial charge in [-0.1, -0.05) is 6.92 Å². The minimum atomic E-state index is -0.293. The molecule has 1 fully saturated rings. The van der Waals surface area contributed by atoms with E-state index >= 15 is 0 Å². The Morgan fingerprint density at radius 3 is 2.85 bits per heavy atom. The molecule has 1 aliphatic rings. The van der Waals surface area contributed by atoms with Gasteiger partial charge < -0.3 is 24.6 Å². The molecule has 2 rings (SSSR count). The average Bonchev–Trinajstić information content (AvgIpc) is 2.60. The van der Waals surface area contributed by atoms with Crippen LogP contribution >= 0.6 is 12.0 Å². The van der Waals surface area contributed by atoms with Gasteiger partial charge in [0, 0.05) is 45.3 Å². The lowest BCUT2D eigenvalue weighted by Gasteiger charge is -2.41. The van der Waals surface area contributed by atoms with E-state index in [4.69, 9.17) is 14.3 Å². The summed E-state index contributed by atoms with van der Waals surface area (Å²) >= 11 is 1.38. The second kappa shape index (κ2) is 10.1. The van der Waals surface area contributed by atoms with Crippen molar-refractivity contribution in [2.45, 2.75) is 44.9 Å². The molecular weight excluding hydrogens is 354 g/mol. The quantitative estimate of drug-likeness (QED) is 0.397. The summed E-state index contributed by atoms with van der Waals surface area (Å²) in [7, 11) is 1.67. The number of H-pyrrole nitrogens is 1. The number of ether oxygens (including phenoxy) is 1. The fourth-order valence-electron chi connectivity index (χ4n) is 2.93. The SMILES string of the molecule is CCC(CCOC)Nc1nc(C(C)N2CC(OSC)C2)[nH]c(=O)c1C=N. The lowest BCUT2D eigenvalue weighted by molar-refractivity contribution is 0.00391. The molecule has 0 bridgehead atoms. The molecular formula is C17H29N5O3S. The number of rotatable bonds is 11. The van der Waals surface area contributed by atoms with Crippen molar-refractivity contribution >= 4 is 24.1 Å². The van der Waals surface area contributed by atoms with Crippen molar-refractivity contribution in [3.05, 3.63) is 21.7 Å². The van der Waals surface area contributed by atoms with Crippen LogP contribution in [-0.2, 0) is 8.92 Å². The topological polar surface area (TPSA) is 103 Å². The molecule has 9 heteroatoms. The van der Waals surface area contributed by atoms with Crippen LogP contribution in [0.1, 0.15) is 44.1 Å². The predicted octanol–water partition coefficient (Wildman–Crippen LogP) is 2.03. The normalized spacial score (nSPS) is 17.5. The molecule has 1 aliphatic heterocycles. The predicted molar refractivity (Wildman–Crippen MR) is 105 cm³/mol. The highest BCUT2D eigenvalue weighted by Gasteiger charge is 2.33. The minimum Gasteiger partial charge on any atom is -0.385 e. The fourth-order valence-corrected chi connectivity index (χ4v) is 3.32. The van der Waals surface area contributed by atoms with Crippen molar-refractivity contribution in [1.29, 1.82) is 5.41 Å². The van der Waals surface area contributed by atoms with Crippen LogP contribution in [0.4, 0.5) is 5.82 Å². The minimum absolute atomic E-state index is 0.0243. The summed E-state index contributed by atoms with van der Waals surface area (Å²) in [4.78, 5) is 22.1. The second-order valence-corrected chi connectivity index (χ2v) is 6.93. The number of nitrogens with one attached hydrogen (secondary N) is 3. The van der Waals surface area contributed by atoms with Gasteiger partial charge in [-0.15, -0.1) is 0 Å². The Labute approximate surface area is 158 Å². The lowest BCUT2D eigenvalue weighted by atomic mass is 10.1. The van der Waals surface area contributed by atoms with Gasteiger partial charge in [0.05, 0.1) is 17.7 Å². The van der Waals surface area contributed by atoms with E-state index in [1.807, 2.05) is 13.2 Å². The molecule has 26 heavy (non-hydrogen) atoms. The molecule has 1 saturated heterocycles. The Morgan fingerprint density at radius 2 is 2.27 bits per heavy atom. The van der Waals surface area contributed by atoms with Crippen molar-refractivity contribution in [3.63, 3.8) is 0 Å². The molecule has 0 radical (unpaired) electrons. The monoisotopic (exact) mass is 383 g/mol. The van der Waals surface area contributed by atoms with Crippen molar-refractivity contribution < 1.29 is 8.92 Å². The van der Waals surface area contributed by atoms with Gasteiger partial charge in [-0.3, -0.25) is 9.69 Å². The third kappa shape index (κ3) is 5.06. The van der Waals surface area contributed by atoms with Gasteiger partial charge in [0.1, 0.15) is 11.6 Å². The smallest absolute Gasteiger partial charge is 0.261 e. The van der Waals surface area contributed by atoms with E-state index in [0.717, 1.165) is 32.1 Å². The van der Waals surface area contributed by atoms with Crippen LogP contribution in [0.15, 0.2) is 4.79 Å². The van der Waals surface area contributed by atoms with E-state index in [1.54, 1.807) is 7.11 Å². The number of anilines is 1. The third-order valence-corrected chi connectivity index (χ3v) is 5.14. The molecule has 0 spiro atoms. The molecule has 2 atom stereocenters. The van der Waals surface area contributed by atoms with E-state index in [-0.39, 0.29) is 29.3 Å². The number of hydrogen-bond acceptors (Lipinski definition) is 8. The standard InChI is InChI=1S/C17H29N5O3S/c1-5-12(6-7-24-3)19-16-14(8-18)17(23)21-15(20-16)11(2)22-9-13(10-22)25-26-4/h8,11-13,18H,5-7,9-10H2,1-4H3,(H2,19,20,21,23). The van der Waals surface area contributed by atoms with Crippen LogP contribution in [0.25, 0.3) is 0 Å². The Bertz CT molecular complexity index is 648. The Morgan fingerprint density at radius 1 is 1.54 bits per heavy atom. The maximum absolute atomic E-state index is 12.4. The zero-order chi connectivity index (χ0) is 19.1. The van der Waals surface area contributed by atoms with Gasteiger partial charge >= 0.3 is 0 Å². The van der Waals surface area contributed by atoms with Gasteiger partial charge in [0.25, 0.3) is 5.56 Å². The molecule has 0 saturated carbocycles. The van der Waals surface area contributed by atoms with E-state index in [9.17, 15) is 4.79 Å². The second-order valence-electron chi connectivity index (χ2n) is 6.40. The van der Waals surface area contributed by atoms with Crippen molar-refractivity contribution in [2.75, 3.05) is 38.4 Å². The maximum atomic E-state index is 12.4. The third-order valence-electron chi connectivity index (χ3n) is 4.67. The number of likely N-dealkylation sites (tertiary alicyclic amines) is 1. The van der Waals surface area contributed by atoms with Crippen LogP contribution in [-0.4, -0.2) is 66.3 Å². The van der Waals surface area contributed by atoms with Crippen LogP contribution < -0.4 is 10.9 Å². The Kier molecular flexibility index (Phi) is 8.08.